The monoisotopic (exact) mass is 329 g/mol. The van der Waals surface area contributed by atoms with E-state index in [-0.39, 0.29) is 6.54 Å². The summed E-state index contributed by atoms with van der Waals surface area (Å²) in [5.41, 5.74) is 1.19. The largest absolute Gasteiger partial charge is 0.405 e. The second kappa shape index (κ2) is 7.45. The maximum Gasteiger partial charge on any atom is 0.405 e. The molecule has 1 saturated heterocycles. The summed E-state index contributed by atoms with van der Waals surface area (Å²) in [5, 5.41) is 3.50. The van der Waals surface area contributed by atoms with Crippen LogP contribution in [0.1, 0.15) is 17.9 Å². The van der Waals surface area contributed by atoms with Gasteiger partial charge in [-0.25, -0.2) is 4.79 Å². The Kier molecular flexibility index (Phi) is 5.59. The molecule has 0 aliphatic carbocycles. The average Bonchev–Trinajstić information content (AvgIpc) is 2.93. The minimum Gasteiger partial charge on any atom is -0.329 e. The molecule has 0 unspecified atom stereocenters. The molecule has 2 N–H and O–H groups in total. The molecule has 0 bridgehead atoms. The Balaban J connectivity index is 1.73. The summed E-state index contributed by atoms with van der Waals surface area (Å²) >= 11 is 0. The van der Waals surface area contributed by atoms with Gasteiger partial charge < -0.3 is 5.32 Å². The van der Waals surface area contributed by atoms with Crippen molar-refractivity contribution in [1.29, 1.82) is 0 Å². The Hall–Kier alpha value is -2.09. The Labute approximate surface area is 131 Å². The standard InChI is InChI=1S/C15H18F3N3O2/c16-15(17,18)10-19-14(23)20-13(22)9-21-7-6-12(8-21)11-4-2-1-3-5-11/h1-5,12H,6-10H2,(H2,19,20,22,23)/t12-/m1/s1. The highest BCUT2D eigenvalue weighted by atomic mass is 19.4. The molecule has 0 radical (unpaired) electrons. The molecule has 0 saturated carbocycles. The van der Waals surface area contributed by atoms with Gasteiger partial charge in [0.25, 0.3) is 0 Å². The quantitative estimate of drug-likeness (QED) is 0.886. The van der Waals surface area contributed by atoms with Crippen molar-refractivity contribution in [2.24, 2.45) is 0 Å². The van der Waals surface area contributed by atoms with Crippen molar-refractivity contribution < 1.29 is 22.8 Å². The Morgan fingerprint density at radius 2 is 1.91 bits per heavy atom. The molecule has 1 aliphatic rings. The molecule has 1 heterocycles. The van der Waals surface area contributed by atoms with Crippen LogP contribution >= 0.6 is 0 Å². The molecule has 1 aromatic carbocycles. The topological polar surface area (TPSA) is 61.4 Å². The summed E-state index contributed by atoms with van der Waals surface area (Å²) in [6.45, 7) is -0.0898. The van der Waals surface area contributed by atoms with Crippen molar-refractivity contribution in [3.8, 4) is 0 Å². The zero-order valence-corrected chi connectivity index (χ0v) is 12.4. The highest BCUT2D eigenvalue weighted by Gasteiger charge is 2.29. The molecule has 0 spiro atoms. The van der Waals surface area contributed by atoms with E-state index in [1.807, 2.05) is 40.5 Å². The lowest BCUT2D eigenvalue weighted by Gasteiger charge is -2.16. The number of nitrogens with one attached hydrogen (secondary N) is 2. The smallest absolute Gasteiger partial charge is 0.329 e. The van der Waals surface area contributed by atoms with Crippen LogP contribution in [0.4, 0.5) is 18.0 Å². The van der Waals surface area contributed by atoms with Crippen molar-refractivity contribution in [1.82, 2.24) is 15.5 Å². The number of carbonyl (C=O) groups is 2. The fraction of sp³-hybridized carbons (Fsp3) is 0.467. The van der Waals surface area contributed by atoms with Crippen LogP contribution in [-0.4, -0.2) is 49.2 Å². The summed E-state index contributed by atoms with van der Waals surface area (Å²) in [5.74, 6) is -0.290. The van der Waals surface area contributed by atoms with Gasteiger partial charge in [-0.05, 0) is 24.4 Å². The zero-order valence-electron chi connectivity index (χ0n) is 12.4. The van der Waals surface area contributed by atoms with E-state index in [9.17, 15) is 22.8 Å². The van der Waals surface area contributed by atoms with Gasteiger partial charge >= 0.3 is 12.2 Å². The number of hydrogen-bond donors (Lipinski definition) is 2. The van der Waals surface area contributed by atoms with Gasteiger partial charge in [-0.1, -0.05) is 30.3 Å². The predicted octanol–water partition coefficient (Wildman–Crippen LogP) is 1.86. The average molecular weight is 329 g/mol. The molecule has 8 heteroatoms. The fourth-order valence-corrected chi connectivity index (χ4v) is 2.57. The number of benzene rings is 1. The van der Waals surface area contributed by atoms with E-state index < -0.39 is 24.7 Å². The highest BCUT2D eigenvalue weighted by molar-refractivity contribution is 5.95. The van der Waals surface area contributed by atoms with E-state index in [2.05, 4.69) is 0 Å². The van der Waals surface area contributed by atoms with E-state index in [4.69, 9.17) is 0 Å². The molecule has 0 aromatic heterocycles. The van der Waals surface area contributed by atoms with Crippen LogP contribution in [0, 0.1) is 0 Å². The maximum absolute atomic E-state index is 11.9. The molecule has 5 nitrogen and oxygen atoms in total. The number of nitrogens with zero attached hydrogens (tertiary/aromatic N) is 1. The number of rotatable bonds is 4. The van der Waals surface area contributed by atoms with Crippen LogP contribution < -0.4 is 10.6 Å². The fourth-order valence-electron chi connectivity index (χ4n) is 2.57. The predicted molar refractivity (Wildman–Crippen MR) is 77.8 cm³/mol. The van der Waals surface area contributed by atoms with Crippen LogP contribution in [0.5, 0.6) is 0 Å². The van der Waals surface area contributed by atoms with Crippen molar-refractivity contribution in [2.75, 3.05) is 26.2 Å². The van der Waals surface area contributed by atoms with E-state index in [0.717, 1.165) is 6.42 Å². The third-order valence-electron chi connectivity index (χ3n) is 3.61. The van der Waals surface area contributed by atoms with Crippen molar-refractivity contribution in [3.63, 3.8) is 0 Å². The Morgan fingerprint density at radius 1 is 1.22 bits per heavy atom. The van der Waals surface area contributed by atoms with Gasteiger partial charge in [0.15, 0.2) is 0 Å². The van der Waals surface area contributed by atoms with Gasteiger partial charge in [0.05, 0.1) is 6.54 Å². The lowest BCUT2D eigenvalue weighted by Crippen LogP contribution is -2.46. The molecular formula is C15H18F3N3O2. The third-order valence-corrected chi connectivity index (χ3v) is 3.61. The number of likely N-dealkylation sites (tertiary alicyclic amines) is 1. The van der Waals surface area contributed by atoms with Gasteiger partial charge in [0, 0.05) is 6.54 Å². The van der Waals surface area contributed by atoms with E-state index in [1.54, 1.807) is 5.32 Å². The van der Waals surface area contributed by atoms with Crippen LogP contribution in [-0.2, 0) is 4.79 Å². The van der Waals surface area contributed by atoms with Gasteiger partial charge in [0.2, 0.25) is 5.91 Å². The maximum atomic E-state index is 11.9. The van der Waals surface area contributed by atoms with Crippen LogP contribution in [0.15, 0.2) is 30.3 Å². The Bertz CT molecular complexity index is 549. The second-order valence-corrected chi connectivity index (χ2v) is 5.48. The first kappa shape index (κ1) is 17.3. The summed E-state index contributed by atoms with van der Waals surface area (Å²) in [6.07, 6.45) is -3.60. The van der Waals surface area contributed by atoms with Crippen molar-refractivity contribution in [2.45, 2.75) is 18.5 Å². The normalized spacial score (nSPS) is 18.7. The lowest BCUT2D eigenvalue weighted by molar-refractivity contribution is -0.125. The molecular weight excluding hydrogens is 311 g/mol. The van der Waals surface area contributed by atoms with Crippen LogP contribution in [0.3, 0.4) is 0 Å². The lowest BCUT2D eigenvalue weighted by atomic mass is 9.99. The SMILES string of the molecule is O=C(CN1CC[C@@H](c2ccccc2)C1)NC(=O)NCC(F)(F)F. The number of imide groups is 1. The van der Waals surface area contributed by atoms with Crippen molar-refractivity contribution >= 4 is 11.9 Å². The van der Waals surface area contributed by atoms with Crippen LogP contribution in [0.25, 0.3) is 0 Å². The van der Waals surface area contributed by atoms with Crippen LogP contribution in [0.2, 0.25) is 0 Å². The Morgan fingerprint density at radius 3 is 2.57 bits per heavy atom. The molecule has 1 aliphatic heterocycles. The number of amides is 3. The molecule has 126 valence electrons. The summed E-state index contributed by atoms with van der Waals surface area (Å²) < 4.78 is 35.8. The first-order valence-electron chi connectivity index (χ1n) is 7.25. The highest BCUT2D eigenvalue weighted by Crippen LogP contribution is 2.26. The third kappa shape index (κ3) is 5.90. The first-order valence-corrected chi connectivity index (χ1v) is 7.25. The number of urea groups is 1. The second-order valence-electron chi connectivity index (χ2n) is 5.48. The van der Waals surface area contributed by atoms with Crippen molar-refractivity contribution in [3.05, 3.63) is 35.9 Å². The van der Waals surface area contributed by atoms with E-state index >= 15 is 0 Å². The first-order chi connectivity index (χ1) is 10.8. The summed E-state index contributed by atoms with van der Waals surface area (Å²) in [6, 6.07) is 8.76. The number of carbonyl (C=O) groups excluding carboxylic acids is 2. The minimum absolute atomic E-state index is 0.0111. The summed E-state index contributed by atoms with van der Waals surface area (Å²) in [7, 11) is 0. The van der Waals surface area contributed by atoms with Gasteiger partial charge in [0.1, 0.15) is 6.54 Å². The number of halogens is 3. The number of hydrogen-bond acceptors (Lipinski definition) is 3. The zero-order chi connectivity index (χ0) is 16.9. The minimum atomic E-state index is -4.50. The molecule has 3 amide bonds. The molecule has 1 atom stereocenters. The molecule has 1 fully saturated rings. The molecule has 2 rings (SSSR count). The molecule has 23 heavy (non-hydrogen) atoms. The van der Waals surface area contributed by atoms with Gasteiger partial charge in [-0.2, -0.15) is 13.2 Å². The van der Waals surface area contributed by atoms with E-state index in [1.165, 1.54) is 5.56 Å². The van der Waals surface area contributed by atoms with Gasteiger partial charge in [-0.3, -0.25) is 15.0 Å². The number of alkyl halides is 3. The summed E-state index contributed by atoms with van der Waals surface area (Å²) in [4.78, 5) is 24.8. The molecule has 1 aromatic rings. The van der Waals surface area contributed by atoms with Gasteiger partial charge in [-0.15, -0.1) is 0 Å². The van der Waals surface area contributed by atoms with E-state index in [0.29, 0.717) is 19.0 Å².